The first-order valence-electron chi connectivity index (χ1n) is 8.66. The molecule has 0 aliphatic carbocycles. The van der Waals surface area contributed by atoms with E-state index in [4.69, 9.17) is 0 Å². The summed E-state index contributed by atoms with van der Waals surface area (Å²) in [5.74, 6) is -0.783. The van der Waals surface area contributed by atoms with Crippen LogP contribution in [0.25, 0.3) is 0 Å². The number of esters is 1. The molecule has 1 aliphatic rings. The summed E-state index contributed by atoms with van der Waals surface area (Å²) >= 11 is 0. The average Bonchev–Trinajstić information content (AvgIpc) is 2.85. The molecule has 0 radical (unpaired) electrons. The quantitative estimate of drug-likeness (QED) is 0.756. The number of amides is 1. The highest BCUT2D eigenvalue weighted by Gasteiger charge is 2.32. The van der Waals surface area contributed by atoms with Crippen molar-refractivity contribution in [2.75, 3.05) is 26.0 Å². The Morgan fingerprint density at radius 1 is 0.963 bits per heavy atom. The molecule has 1 heterocycles. The van der Waals surface area contributed by atoms with Crippen LogP contribution in [0.5, 0.6) is 0 Å². The Bertz CT molecular complexity index is 923. The molecule has 142 valence electrons. The van der Waals surface area contributed by atoms with Crippen LogP contribution < -0.4 is 0 Å². The van der Waals surface area contributed by atoms with Gasteiger partial charge in [0.25, 0.3) is 5.91 Å². The zero-order valence-electron chi connectivity index (χ0n) is 15.0. The van der Waals surface area contributed by atoms with E-state index < -0.39 is 21.1 Å². The molecular formula is C20H21NO5S. The van der Waals surface area contributed by atoms with Gasteiger partial charge in [-0.2, -0.15) is 0 Å². The predicted molar refractivity (Wildman–Crippen MR) is 101 cm³/mol. The summed E-state index contributed by atoms with van der Waals surface area (Å²) in [5, 5.41) is -0.599. The Hall–Kier alpha value is -2.67. The number of hydrogen-bond donors (Lipinski definition) is 0. The van der Waals surface area contributed by atoms with Crippen LogP contribution in [-0.4, -0.2) is 51.1 Å². The summed E-state index contributed by atoms with van der Waals surface area (Å²) in [6, 6.07) is 15.3. The number of rotatable bonds is 3. The summed E-state index contributed by atoms with van der Waals surface area (Å²) in [6.07, 6.45) is 0.359. The van der Waals surface area contributed by atoms with Crippen LogP contribution in [0.3, 0.4) is 0 Å². The van der Waals surface area contributed by atoms with E-state index in [0.29, 0.717) is 24.1 Å². The maximum absolute atomic E-state index is 12.8. The van der Waals surface area contributed by atoms with E-state index in [2.05, 4.69) is 4.74 Å². The smallest absolute Gasteiger partial charge is 0.337 e. The standard InChI is InChI=1S/C20H21NO5S/c1-26-20(23)17-9-7-16(8-10-17)19(22)21-12-11-18(27(24,25)14-13-21)15-5-3-2-4-6-15/h2-10,18H,11-14H2,1H3. The van der Waals surface area contributed by atoms with Crippen molar-refractivity contribution in [3.8, 4) is 0 Å². The number of carbonyl (C=O) groups excluding carboxylic acids is 2. The average molecular weight is 387 g/mol. The van der Waals surface area contributed by atoms with Gasteiger partial charge >= 0.3 is 5.97 Å². The highest BCUT2D eigenvalue weighted by atomic mass is 32.2. The third-order valence-corrected chi connectivity index (χ3v) is 6.88. The lowest BCUT2D eigenvalue weighted by atomic mass is 10.1. The minimum Gasteiger partial charge on any atom is -0.465 e. The van der Waals surface area contributed by atoms with Gasteiger partial charge in [0.05, 0.1) is 23.7 Å². The fourth-order valence-corrected chi connectivity index (χ4v) is 5.03. The fraction of sp³-hybridized carbons (Fsp3) is 0.300. The van der Waals surface area contributed by atoms with Crippen molar-refractivity contribution in [2.24, 2.45) is 0 Å². The summed E-state index contributed by atoms with van der Waals surface area (Å²) in [6.45, 7) is 0.514. The first kappa shape index (κ1) is 19.1. The molecule has 2 aromatic rings. The molecule has 2 aromatic carbocycles. The van der Waals surface area contributed by atoms with E-state index in [0.717, 1.165) is 5.56 Å². The lowest BCUT2D eigenvalue weighted by Crippen LogP contribution is -2.33. The molecule has 1 unspecified atom stereocenters. The maximum Gasteiger partial charge on any atom is 0.337 e. The summed E-state index contributed by atoms with van der Waals surface area (Å²) < 4.78 is 30.0. The molecule has 0 saturated carbocycles. The number of hydrogen-bond acceptors (Lipinski definition) is 5. The fourth-order valence-electron chi connectivity index (χ4n) is 3.24. The summed E-state index contributed by atoms with van der Waals surface area (Å²) in [5.41, 5.74) is 1.53. The van der Waals surface area contributed by atoms with Gasteiger partial charge in [-0.05, 0) is 36.2 Å². The molecule has 1 amide bonds. The van der Waals surface area contributed by atoms with Crippen molar-refractivity contribution in [3.63, 3.8) is 0 Å². The normalized spacial score (nSPS) is 19.1. The van der Waals surface area contributed by atoms with Gasteiger partial charge in [-0.1, -0.05) is 30.3 Å². The first-order valence-corrected chi connectivity index (χ1v) is 10.4. The highest BCUT2D eigenvalue weighted by Crippen LogP contribution is 2.29. The van der Waals surface area contributed by atoms with Gasteiger partial charge in [0.15, 0.2) is 9.84 Å². The van der Waals surface area contributed by atoms with Crippen LogP contribution >= 0.6 is 0 Å². The third kappa shape index (κ3) is 4.19. The Kier molecular flexibility index (Phi) is 5.60. The molecule has 1 fully saturated rings. The zero-order chi connectivity index (χ0) is 19.4. The molecule has 1 atom stereocenters. The number of carbonyl (C=O) groups is 2. The van der Waals surface area contributed by atoms with E-state index in [1.807, 2.05) is 30.3 Å². The van der Waals surface area contributed by atoms with Gasteiger partial charge in [0, 0.05) is 18.7 Å². The van der Waals surface area contributed by atoms with Crippen LogP contribution in [0.15, 0.2) is 54.6 Å². The van der Waals surface area contributed by atoms with Crippen LogP contribution in [-0.2, 0) is 14.6 Å². The molecule has 0 aromatic heterocycles. The number of benzene rings is 2. The Balaban J connectivity index is 1.77. The predicted octanol–water partition coefficient (Wildman–Crippen LogP) is 2.48. The molecule has 3 rings (SSSR count). The van der Waals surface area contributed by atoms with Crippen molar-refractivity contribution < 1.29 is 22.7 Å². The second-order valence-corrected chi connectivity index (χ2v) is 8.72. The molecule has 6 nitrogen and oxygen atoms in total. The van der Waals surface area contributed by atoms with Crippen molar-refractivity contribution in [1.29, 1.82) is 0 Å². The van der Waals surface area contributed by atoms with E-state index in [1.54, 1.807) is 17.0 Å². The molecule has 27 heavy (non-hydrogen) atoms. The van der Waals surface area contributed by atoms with Crippen LogP contribution in [0.1, 0.15) is 38.0 Å². The molecule has 0 bridgehead atoms. The summed E-state index contributed by atoms with van der Waals surface area (Å²) in [4.78, 5) is 25.8. The lowest BCUT2D eigenvalue weighted by molar-refractivity contribution is 0.0599. The number of ether oxygens (including phenoxy) is 1. The van der Waals surface area contributed by atoms with Crippen molar-refractivity contribution in [1.82, 2.24) is 4.90 Å². The van der Waals surface area contributed by atoms with Gasteiger partial charge in [0.1, 0.15) is 0 Å². The van der Waals surface area contributed by atoms with Gasteiger partial charge in [-0.3, -0.25) is 4.79 Å². The Morgan fingerprint density at radius 3 is 2.22 bits per heavy atom. The Labute approximate surface area is 158 Å². The van der Waals surface area contributed by atoms with Crippen molar-refractivity contribution in [2.45, 2.75) is 11.7 Å². The lowest BCUT2D eigenvalue weighted by Gasteiger charge is -2.20. The van der Waals surface area contributed by atoms with Crippen LogP contribution in [0, 0.1) is 0 Å². The largest absolute Gasteiger partial charge is 0.465 e. The molecule has 1 aliphatic heterocycles. The first-order chi connectivity index (χ1) is 12.9. The van der Waals surface area contributed by atoms with E-state index in [1.165, 1.54) is 19.2 Å². The molecule has 0 spiro atoms. The minimum absolute atomic E-state index is 0.0709. The topological polar surface area (TPSA) is 80.8 Å². The van der Waals surface area contributed by atoms with Crippen LogP contribution in [0.4, 0.5) is 0 Å². The second-order valence-electron chi connectivity index (χ2n) is 6.42. The van der Waals surface area contributed by atoms with E-state index >= 15 is 0 Å². The molecular weight excluding hydrogens is 366 g/mol. The monoisotopic (exact) mass is 387 g/mol. The second kappa shape index (κ2) is 7.92. The van der Waals surface area contributed by atoms with Crippen LogP contribution in [0.2, 0.25) is 0 Å². The summed E-state index contributed by atoms with van der Waals surface area (Å²) in [7, 11) is -2.04. The minimum atomic E-state index is -3.34. The highest BCUT2D eigenvalue weighted by molar-refractivity contribution is 7.91. The third-order valence-electron chi connectivity index (χ3n) is 4.75. The van der Waals surface area contributed by atoms with Gasteiger partial charge in [0.2, 0.25) is 0 Å². The SMILES string of the molecule is COC(=O)c1ccc(C(=O)N2CCC(c3ccccc3)S(=O)(=O)CC2)cc1. The molecule has 1 saturated heterocycles. The number of nitrogens with zero attached hydrogens (tertiary/aromatic N) is 1. The number of methoxy groups -OCH3 is 1. The van der Waals surface area contributed by atoms with Crippen molar-refractivity contribution >= 4 is 21.7 Å². The zero-order valence-corrected chi connectivity index (χ0v) is 15.8. The van der Waals surface area contributed by atoms with Gasteiger partial charge < -0.3 is 9.64 Å². The van der Waals surface area contributed by atoms with Gasteiger partial charge in [-0.15, -0.1) is 0 Å². The van der Waals surface area contributed by atoms with Gasteiger partial charge in [-0.25, -0.2) is 13.2 Å². The molecule has 0 N–H and O–H groups in total. The number of sulfone groups is 1. The van der Waals surface area contributed by atoms with E-state index in [-0.39, 0.29) is 18.2 Å². The van der Waals surface area contributed by atoms with E-state index in [9.17, 15) is 18.0 Å². The maximum atomic E-state index is 12.8. The molecule has 7 heteroatoms. The Morgan fingerprint density at radius 2 is 1.59 bits per heavy atom. The van der Waals surface area contributed by atoms with Crippen molar-refractivity contribution in [3.05, 3.63) is 71.3 Å².